The maximum Gasteiger partial charge on any atom is 0.212 e. The molecular weight excluding hydrogens is 308 g/mol. The first-order valence-corrected chi connectivity index (χ1v) is 9.39. The summed E-state index contributed by atoms with van der Waals surface area (Å²) in [5.74, 6) is 0.969. The zero-order valence-electron chi connectivity index (χ0n) is 15.3. The summed E-state index contributed by atoms with van der Waals surface area (Å²) in [5.41, 5.74) is 2.55. The van der Waals surface area contributed by atoms with Crippen molar-refractivity contribution in [2.75, 3.05) is 26.2 Å². The van der Waals surface area contributed by atoms with E-state index in [1.165, 1.54) is 59.6 Å². The molecule has 2 heterocycles. The molecule has 0 spiro atoms. The van der Waals surface area contributed by atoms with Gasteiger partial charge in [-0.2, -0.15) is 0 Å². The minimum atomic E-state index is 0.768. The minimum absolute atomic E-state index is 0.768. The van der Waals surface area contributed by atoms with Crippen LogP contribution in [0.15, 0.2) is 42.6 Å². The van der Waals surface area contributed by atoms with Gasteiger partial charge in [0.15, 0.2) is 6.20 Å². The third-order valence-electron chi connectivity index (χ3n) is 5.30. The minimum Gasteiger partial charge on any atom is -0.492 e. The van der Waals surface area contributed by atoms with E-state index in [-0.39, 0.29) is 0 Å². The molecule has 1 aliphatic rings. The largest absolute Gasteiger partial charge is 0.492 e. The van der Waals surface area contributed by atoms with Crippen molar-refractivity contribution in [2.45, 2.75) is 26.2 Å². The Hall–Kier alpha value is -2.13. The standard InChI is InChI=1S/C22H27N2O/c1-17-6-9-22-21(14-17)20-8-7-19(15-18(20)16-23(22)2)25-13-12-24-10-4-3-5-11-24/h6-9,14-16H,3-5,10-13H2,1-2H3/q+1. The molecule has 3 nitrogen and oxygen atoms in total. The highest BCUT2D eigenvalue weighted by molar-refractivity contribution is 6.04. The molecule has 1 fully saturated rings. The van der Waals surface area contributed by atoms with Crippen molar-refractivity contribution in [1.29, 1.82) is 0 Å². The number of ether oxygens (including phenoxy) is 1. The summed E-state index contributed by atoms with van der Waals surface area (Å²) in [4.78, 5) is 2.51. The number of pyridine rings is 1. The highest BCUT2D eigenvalue weighted by atomic mass is 16.5. The molecule has 4 rings (SSSR count). The van der Waals surface area contributed by atoms with Gasteiger partial charge in [-0.05, 0) is 57.1 Å². The van der Waals surface area contributed by atoms with Crippen LogP contribution in [0, 0.1) is 6.92 Å². The number of aryl methyl sites for hydroxylation is 2. The van der Waals surface area contributed by atoms with E-state index in [1.54, 1.807) is 0 Å². The number of fused-ring (bicyclic) bond motifs is 3. The number of hydrogen-bond acceptors (Lipinski definition) is 2. The summed E-state index contributed by atoms with van der Waals surface area (Å²) in [6, 6.07) is 13.1. The van der Waals surface area contributed by atoms with Gasteiger partial charge in [0.2, 0.25) is 5.52 Å². The van der Waals surface area contributed by atoms with Crippen LogP contribution >= 0.6 is 0 Å². The molecule has 1 saturated heterocycles. The molecule has 25 heavy (non-hydrogen) atoms. The van der Waals surface area contributed by atoms with E-state index >= 15 is 0 Å². The van der Waals surface area contributed by atoms with Crippen LogP contribution in [-0.2, 0) is 7.05 Å². The van der Waals surface area contributed by atoms with E-state index in [2.05, 4.69) is 66.0 Å². The summed E-state index contributed by atoms with van der Waals surface area (Å²) in [6.07, 6.45) is 6.24. The fraction of sp³-hybridized carbons (Fsp3) is 0.409. The fourth-order valence-corrected chi connectivity index (χ4v) is 3.91. The molecule has 0 radical (unpaired) electrons. The summed E-state index contributed by atoms with van der Waals surface area (Å²) < 4.78 is 8.24. The van der Waals surface area contributed by atoms with Crippen LogP contribution < -0.4 is 9.30 Å². The number of piperidine rings is 1. The van der Waals surface area contributed by atoms with Gasteiger partial charge >= 0.3 is 0 Å². The Morgan fingerprint density at radius 3 is 2.68 bits per heavy atom. The van der Waals surface area contributed by atoms with Gasteiger partial charge in [0.25, 0.3) is 0 Å². The lowest BCUT2D eigenvalue weighted by molar-refractivity contribution is -0.643. The molecule has 0 bridgehead atoms. The predicted molar refractivity (Wildman–Crippen MR) is 103 cm³/mol. The van der Waals surface area contributed by atoms with Crippen molar-refractivity contribution in [2.24, 2.45) is 7.05 Å². The Balaban J connectivity index is 1.56. The molecule has 1 aliphatic heterocycles. The van der Waals surface area contributed by atoms with E-state index < -0.39 is 0 Å². The van der Waals surface area contributed by atoms with Crippen molar-refractivity contribution in [3.63, 3.8) is 0 Å². The second kappa shape index (κ2) is 7.01. The van der Waals surface area contributed by atoms with Gasteiger partial charge in [-0.25, -0.2) is 4.57 Å². The molecule has 0 saturated carbocycles. The normalized spacial score (nSPS) is 15.8. The van der Waals surface area contributed by atoms with Gasteiger partial charge in [-0.3, -0.25) is 4.90 Å². The Bertz CT molecular complexity index is 897. The highest BCUT2D eigenvalue weighted by Gasteiger charge is 2.12. The van der Waals surface area contributed by atoms with Crippen LogP contribution in [0.3, 0.4) is 0 Å². The maximum atomic E-state index is 6.04. The lowest BCUT2D eigenvalue weighted by Gasteiger charge is -2.26. The molecule has 2 aromatic carbocycles. The molecular formula is C22H27N2O+. The summed E-state index contributed by atoms with van der Waals surface area (Å²) in [5, 5.41) is 3.83. The van der Waals surface area contributed by atoms with Crippen molar-refractivity contribution in [1.82, 2.24) is 4.90 Å². The molecule has 0 unspecified atom stereocenters. The van der Waals surface area contributed by atoms with E-state index in [9.17, 15) is 0 Å². The van der Waals surface area contributed by atoms with E-state index in [1.807, 2.05) is 0 Å². The van der Waals surface area contributed by atoms with Crippen LogP contribution in [0.4, 0.5) is 0 Å². The summed E-state index contributed by atoms with van der Waals surface area (Å²) >= 11 is 0. The van der Waals surface area contributed by atoms with Crippen LogP contribution in [0.2, 0.25) is 0 Å². The van der Waals surface area contributed by atoms with E-state index in [0.29, 0.717) is 0 Å². The first-order chi connectivity index (χ1) is 12.2. The SMILES string of the molecule is Cc1ccc2c(c1)c1ccc(OCCN3CCCCC3)cc1c[n+]2C. The fourth-order valence-electron chi connectivity index (χ4n) is 3.91. The average Bonchev–Trinajstić information content (AvgIpc) is 2.62. The Morgan fingerprint density at radius 1 is 1.00 bits per heavy atom. The van der Waals surface area contributed by atoms with Gasteiger partial charge in [-0.15, -0.1) is 0 Å². The monoisotopic (exact) mass is 335 g/mol. The molecule has 130 valence electrons. The number of benzene rings is 2. The van der Waals surface area contributed by atoms with Crippen molar-refractivity contribution < 1.29 is 9.30 Å². The van der Waals surface area contributed by atoms with Crippen LogP contribution in [0.25, 0.3) is 21.7 Å². The number of hydrogen-bond donors (Lipinski definition) is 0. The number of aromatic nitrogens is 1. The number of rotatable bonds is 4. The quantitative estimate of drug-likeness (QED) is 0.529. The van der Waals surface area contributed by atoms with Crippen molar-refractivity contribution >= 4 is 21.7 Å². The van der Waals surface area contributed by atoms with Gasteiger partial charge in [-0.1, -0.05) is 18.1 Å². The Kier molecular flexibility index (Phi) is 4.58. The van der Waals surface area contributed by atoms with Gasteiger partial charge in [0, 0.05) is 18.0 Å². The topological polar surface area (TPSA) is 16.4 Å². The second-order valence-corrected chi connectivity index (χ2v) is 7.26. The van der Waals surface area contributed by atoms with E-state index in [4.69, 9.17) is 4.74 Å². The third-order valence-corrected chi connectivity index (χ3v) is 5.30. The summed E-state index contributed by atoms with van der Waals surface area (Å²) in [7, 11) is 2.11. The number of likely N-dealkylation sites (tertiary alicyclic amines) is 1. The predicted octanol–water partition coefficient (Wildman–Crippen LogP) is 3.99. The molecule has 0 atom stereocenters. The summed E-state index contributed by atoms with van der Waals surface area (Å²) in [6.45, 7) is 6.40. The van der Waals surface area contributed by atoms with Crippen molar-refractivity contribution in [3.05, 3.63) is 48.2 Å². The van der Waals surface area contributed by atoms with Crippen LogP contribution in [0.5, 0.6) is 5.75 Å². The molecule has 3 aromatic rings. The molecule has 0 amide bonds. The van der Waals surface area contributed by atoms with Gasteiger partial charge in [0.05, 0.1) is 10.8 Å². The van der Waals surface area contributed by atoms with Crippen LogP contribution in [0.1, 0.15) is 24.8 Å². The molecule has 0 N–H and O–H groups in total. The number of nitrogens with zero attached hydrogens (tertiary/aromatic N) is 2. The lowest BCUT2D eigenvalue weighted by atomic mass is 10.0. The molecule has 1 aromatic heterocycles. The zero-order valence-corrected chi connectivity index (χ0v) is 15.3. The first-order valence-electron chi connectivity index (χ1n) is 9.39. The Labute approximate surface area is 149 Å². The third kappa shape index (κ3) is 3.47. The first kappa shape index (κ1) is 16.3. The smallest absolute Gasteiger partial charge is 0.212 e. The van der Waals surface area contributed by atoms with Gasteiger partial charge < -0.3 is 4.74 Å². The van der Waals surface area contributed by atoms with Crippen molar-refractivity contribution in [3.8, 4) is 5.75 Å². The Morgan fingerprint density at radius 2 is 1.84 bits per heavy atom. The zero-order chi connectivity index (χ0) is 17.2. The second-order valence-electron chi connectivity index (χ2n) is 7.26. The molecule has 3 heteroatoms. The highest BCUT2D eigenvalue weighted by Crippen LogP contribution is 2.26. The maximum absolute atomic E-state index is 6.04. The average molecular weight is 335 g/mol. The van der Waals surface area contributed by atoms with Crippen LogP contribution in [-0.4, -0.2) is 31.1 Å². The van der Waals surface area contributed by atoms with E-state index in [0.717, 1.165) is 18.9 Å². The van der Waals surface area contributed by atoms with Gasteiger partial charge in [0.1, 0.15) is 19.4 Å². The molecule has 0 aliphatic carbocycles. The lowest BCUT2D eigenvalue weighted by Crippen LogP contribution is -2.33.